The number of carbonyl (C=O) groups excluding carboxylic acids is 1. The van der Waals surface area contributed by atoms with E-state index >= 15 is 0 Å². The minimum Gasteiger partial charge on any atom is -0.378 e. The van der Waals surface area contributed by atoms with E-state index in [1.807, 2.05) is 11.6 Å². The summed E-state index contributed by atoms with van der Waals surface area (Å²) in [6, 6.07) is 0.208. The molecule has 1 aliphatic carbocycles. The van der Waals surface area contributed by atoms with Crippen molar-refractivity contribution in [3.8, 4) is 0 Å². The van der Waals surface area contributed by atoms with Crippen LogP contribution < -0.4 is 5.32 Å². The van der Waals surface area contributed by atoms with E-state index in [0.29, 0.717) is 6.42 Å². The van der Waals surface area contributed by atoms with Gasteiger partial charge in [-0.2, -0.15) is 0 Å². The van der Waals surface area contributed by atoms with Crippen LogP contribution in [0.5, 0.6) is 0 Å². The van der Waals surface area contributed by atoms with Gasteiger partial charge in [0.2, 0.25) is 5.91 Å². The van der Waals surface area contributed by atoms with Gasteiger partial charge >= 0.3 is 0 Å². The van der Waals surface area contributed by atoms with E-state index in [1.54, 1.807) is 18.4 Å². The number of methoxy groups -OCH3 is 1. The Balaban J connectivity index is 1.73. The summed E-state index contributed by atoms with van der Waals surface area (Å²) in [4.78, 5) is 16.2. The highest BCUT2D eigenvalue weighted by Gasteiger charge is 2.58. The van der Waals surface area contributed by atoms with Gasteiger partial charge in [0.1, 0.15) is 0 Å². The molecule has 0 bridgehead atoms. The van der Waals surface area contributed by atoms with Crippen molar-refractivity contribution < 1.29 is 9.53 Å². The smallest absolute Gasteiger partial charge is 0.220 e. The molecule has 0 aliphatic heterocycles. The van der Waals surface area contributed by atoms with Crippen LogP contribution in [0, 0.1) is 5.41 Å². The summed E-state index contributed by atoms with van der Waals surface area (Å²) in [6.45, 7) is 6.42. The van der Waals surface area contributed by atoms with E-state index in [2.05, 4.69) is 31.1 Å². The van der Waals surface area contributed by atoms with Crippen molar-refractivity contribution in [3.63, 3.8) is 0 Å². The fourth-order valence-electron chi connectivity index (χ4n) is 2.77. The van der Waals surface area contributed by atoms with Crippen LogP contribution in [0.2, 0.25) is 0 Å². The Bertz CT molecular complexity index is 458. The average Bonchev–Trinajstić information content (AvgIpc) is 2.91. The second-order valence-electron chi connectivity index (χ2n) is 6.26. The van der Waals surface area contributed by atoms with Gasteiger partial charge in [0, 0.05) is 36.6 Å². The zero-order valence-corrected chi connectivity index (χ0v) is 13.5. The molecule has 2 atom stereocenters. The minimum atomic E-state index is -0.133. The zero-order chi connectivity index (χ0) is 14.8. The van der Waals surface area contributed by atoms with Gasteiger partial charge in [-0.15, -0.1) is 11.3 Å². The van der Waals surface area contributed by atoms with Crippen molar-refractivity contribution >= 4 is 17.2 Å². The summed E-state index contributed by atoms with van der Waals surface area (Å²) in [5, 5.41) is 6.22. The number of aryl methyl sites for hydroxylation is 1. The molecule has 1 aromatic heterocycles. The third-order valence-corrected chi connectivity index (χ3v) is 5.73. The Morgan fingerprint density at radius 3 is 2.85 bits per heavy atom. The Labute approximate surface area is 124 Å². The Kier molecular flexibility index (Phi) is 4.49. The van der Waals surface area contributed by atoms with E-state index in [9.17, 15) is 4.79 Å². The maximum atomic E-state index is 12.0. The zero-order valence-electron chi connectivity index (χ0n) is 12.7. The molecule has 1 heterocycles. The largest absolute Gasteiger partial charge is 0.378 e. The summed E-state index contributed by atoms with van der Waals surface area (Å²) in [5.41, 5.74) is -0.154. The normalized spacial score (nSPS) is 27.9. The number of ether oxygens (including phenoxy) is 1. The molecule has 0 unspecified atom stereocenters. The molecule has 0 saturated heterocycles. The molecular weight excluding hydrogens is 272 g/mol. The van der Waals surface area contributed by atoms with E-state index in [-0.39, 0.29) is 23.0 Å². The van der Waals surface area contributed by atoms with Crippen LogP contribution >= 0.6 is 11.3 Å². The highest BCUT2D eigenvalue weighted by molar-refractivity contribution is 7.09. The van der Waals surface area contributed by atoms with Crippen LogP contribution in [0.15, 0.2) is 11.6 Å². The molecule has 0 radical (unpaired) electrons. The highest BCUT2D eigenvalue weighted by atomic mass is 32.1. The van der Waals surface area contributed by atoms with Crippen LogP contribution in [0.25, 0.3) is 0 Å². The first-order valence-electron chi connectivity index (χ1n) is 7.12. The Morgan fingerprint density at radius 2 is 2.30 bits per heavy atom. The molecule has 20 heavy (non-hydrogen) atoms. The van der Waals surface area contributed by atoms with Crippen molar-refractivity contribution in [2.45, 2.75) is 58.1 Å². The van der Waals surface area contributed by atoms with Crippen molar-refractivity contribution in [2.75, 3.05) is 7.11 Å². The van der Waals surface area contributed by atoms with Gasteiger partial charge < -0.3 is 10.1 Å². The number of carbonyl (C=O) groups is 1. The SMILES string of the molecule is CO[C@]1(C)C[C@H](NC(=O)CCCc2nccs2)C1(C)C. The van der Waals surface area contributed by atoms with Crippen LogP contribution in [-0.4, -0.2) is 29.6 Å². The molecule has 4 nitrogen and oxygen atoms in total. The van der Waals surface area contributed by atoms with Crippen molar-refractivity contribution in [3.05, 3.63) is 16.6 Å². The fourth-order valence-corrected chi connectivity index (χ4v) is 3.43. The van der Waals surface area contributed by atoms with Crippen LogP contribution in [-0.2, 0) is 16.0 Å². The number of nitrogens with one attached hydrogen (secondary N) is 1. The van der Waals surface area contributed by atoms with Gasteiger partial charge in [-0.3, -0.25) is 4.79 Å². The molecule has 0 aromatic carbocycles. The molecule has 1 saturated carbocycles. The number of amides is 1. The lowest BCUT2D eigenvalue weighted by atomic mass is 9.56. The third-order valence-electron chi connectivity index (χ3n) is 4.89. The molecule has 2 rings (SSSR count). The van der Waals surface area contributed by atoms with E-state index in [0.717, 1.165) is 24.3 Å². The number of hydrogen-bond donors (Lipinski definition) is 1. The summed E-state index contributed by atoms with van der Waals surface area (Å²) >= 11 is 1.65. The molecule has 1 N–H and O–H groups in total. The van der Waals surface area contributed by atoms with Crippen molar-refractivity contribution in [2.24, 2.45) is 5.41 Å². The lowest BCUT2D eigenvalue weighted by Gasteiger charge is -2.59. The first-order chi connectivity index (χ1) is 9.39. The van der Waals surface area contributed by atoms with Crippen molar-refractivity contribution in [1.29, 1.82) is 0 Å². The van der Waals surface area contributed by atoms with Crippen LogP contribution in [0.4, 0.5) is 0 Å². The van der Waals surface area contributed by atoms with Crippen LogP contribution in [0.3, 0.4) is 0 Å². The summed E-state index contributed by atoms with van der Waals surface area (Å²) in [6.07, 6.45) is 5.00. The second kappa shape index (κ2) is 5.82. The lowest BCUT2D eigenvalue weighted by Crippen LogP contribution is -2.68. The molecule has 0 spiro atoms. The second-order valence-corrected chi connectivity index (χ2v) is 7.24. The van der Waals surface area contributed by atoms with Crippen LogP contribution in [0.1, 0.15) is 45.0 Å². The topological polar surface area (TPSA) is 51.2 Å². The minimum absolute atomic E-state index is 0.0211. The lowest BCUT2D eigenvalue weighted by molar-refractivity contribution is -0.182. The quantitative estimate of drug-likeness (QED) is 0.878. The maximum absolute atomic E-state index is 12.0. The summed E-state index contributed by atoms with van der Waals surface area (Å²) in [5.74, 6) is 0.137. The summed E-state index contributed by atoms with van der Waals surface area (Å²) in [7, 11) is 1.74. The van der Waals surface area contributed by atoms with Gasteiger partial charge in [0.15, 0.2) is 0 Å². The highest BCUT2D eigenvalue weighted by Crippen LogP contribution is 2.51. The maximum Gasteiger partial charge on any atom is 0.220 e. The molecule has 112 valence electrons. The Morgan fingerprint density at radius 1 is 1.55 bits per heavy atom. The number of nitrogens with zero attached hydrogens (tertiary/aromatic N) is 1. The molecule has 1 amide bonds. The van der Waals surface area contributed by atoms with Crippen molar-refractivity contribution in [1.82, 2.24) is 10.3 Å². The molecule has 1 fully saturated rings. The van der Waals surface area contributed by atoms with E-state index in [4.69, 9.17) is 4.74 Å². The van der Waals surface area contributed by atoms with Gasteiger partial charge in [-0.05, 0) is 26.2 Å². The molecular formula is C15H24N2O2S. The summed E-state index contributed by atoms with van der Waals surface area (Å²) < 4.78 is 5.57. The molecule has 1 aromatic rings. The predicted octanol–water partition coefficient (Wildman–Crippen LogP) is 2.79. The third kappa shape index (κ3) is 2.88. The standard InChI is InChI=1S/C15H24N2O2S/c1-14(2)11(10-15(14,3)19-4)17-12(18)6-5-7-13-16-8-9-20-13/h8-9,11H,5-7,10H2,1-4H3,(H,17,18)/t11-,15+/m0/s1. The monoisotopic (exact) mass is 296 g/mol. The van der Waals surface area contributed by atoms with E-state index in [1.165, 1.54) is 0 Å². The van der Waals surface area contributed by atoms with Gasteiger partial charge in [-0.1, -0.05) is 13.8 Å². The average molecular weight is 296 g/mol. The number of aromatic nitrogens is 1. The first-order valence-corrected chi connectivity index (χ1v) is 8.00. The fraction of sp³-hybridized carbons (Fsp3) is 0.733. The molecule has 1 aliphatic rings. The predicted molar refractivity (Wildman–Crippen MR) is 80.8 cm³/mol. The number of hydrogen-bond acceptors (Lipinski definition) is 4. The number of thiazole rings is 1. The Hall–Kier alpha value is -0.940. The van der Waals surface area contributed by atoms with Gasteiger partial charge in [-0.25, -0.2) is 4.98 Å². The number of rotatable bonds is 6. The first kappa shape index (κ1) is 15.4. The van der Waals surface area contributed by atoms with E-state index < -0.39 is 0 Å². The molecule has 5 heteroatoms. The van der Waals surface area contributed by atoms with Gasteiger partial charge in [0.25, 0.3) is 0 Å². The van der Waals surface area contributed by atoms with Gasteiger partial charge in [0.05, 0.1) is 10.6 Å².